The third-order valence-electron chi connectivity index (χ3n) is 3.91. The Balaban J connectivity index is 1.72. The fraction of sp³-hybridized carbons (Fsp3) is 0.211. The molecule has 27 heavy (non-hydrogen) atoms. The van der Waals surface area contributed by atoms with E-state index in [1.54, 1.807) is 49.4 Å². The Morgan fingerprint density at radius 1 is 1.11 bits per heavy atom. The van der Waals surface area contributed by atoms with E-state index < -0.39 is 6.04 Å². The first kappa shape index (κ1) is 18.7. The average Bonchev–Trinajstić information content (AvgIpc) is 3.18. The summed E-state index contributed by atoms with van der Waals surface area (Å²) < 4.78 is 15.7. The number of nitrogens with one attached hydrogen (secondary N) is 1. The van der Waals surface area contributed by atoms with Gasteiger partial charge in [-0.2, -0.15) is 4.98 Å². The number of halogens is 1. The van der Waals surface area contributed by atoms with E-state index in [0.29, 0.717) is 33.8 Å². The molecule has 2 aromatic carbocycles. The largest absolute Gasteiger partial charge is 0.493 e. The number of amides is 1. The van der Waals surface area contributed by atoms with Crippen molar-refractivity contribution in [1.82, 2.24) is 15.5 Å². The molecule has 1 amide bonds. The summed E-state index contributed by atoms with van der Waals surface area (Å²) in [4.78, 5) is 16.8. The highest BCUT2D eigenvalue weighted by Gasteiger charge is 2.19. The summed E-state index contributed by atoms with van der Waals surface area (Å²) in [5, 5.41) is 7.40. The number of ether oxygens (including phenoxy) is 2. The molecule has 0 aliphatic carbocycles. The van der Waals surface area contributed by atoms with Gasteiger partial charge in [-0.05, 0) is 49.4 Å². The lowest BCUT2D eigenvalue weighted by Gasteiger charge is -2.12. The number of carbonyl (C=O) groups is 1. The van der Waals surface area contributed by atoms with Crippen LogP contribution in [-0.4, -0.2) is 30.3 Å². The van der Waals surface area contributed by atoms with Crippen molar-refractivity contribution in [1.29, 1.82) is 0 Å². The molecule has 0 bridgehead atoms. The first-order chi connectivity index (χ1) is 13.0. The van der Waals surface area contributed by atoms with Crippen molar-refractivity contribution in [3.63, 3.8) is 0 Å². The number of benzene rings is 2. The van der Waals surface area contributed by atoms with Gasteiger partial charge >= 0.3 is 0 Å². The van der Waals surface area contributed by atoms with Gasteiger partial charge in [-0.1, -0.05) is 16.8 Å². The fourth-order valence-corrected chi connectivity index (χ4v) is 2.57. The summed E-state index contributed by atoms with van der Waals surface area (Å²) >= 11 is 5.88. The number of carbonyl (C=O) groups excluding carboxylic acids is 1. The second-order valence-electron chi connectivity index (χ2n) is 5.73. The second-order valence-corrected chi connectivity index (χ2v) is 6.16. The number of hydrogen-bond acceptors (Lipinski definition) is 6. The van der Waals surface area contributed by atoms with E-state index in [9.17, 15) is 4.79 Å². The Bertz CT molecular complexity index is 940. The molecule has 0 unspecified atom stereocenters. The summed E-state index contributed by atoms with van der Waals surface area (Å²) in [5.41, 5.74) is 1.20. The molecule has 0 aliphatic heterocycles. The first-order valence-electron chi connectivity index (χ1n) is 8.14. The quantitative estimate of drug-likeness (QED) is 0.690. The van der Waals surface area contributed by atoms with Crippen molar-refractivity contribution in [3.05, 3.63) is 58.9 Å². The van der Waals surface area contributed by atoms with E-state index in [0.717, 1.165) is 5.56 Å². The van der Waals surface area contributed by atoms with E-state index in [1.807, 2.05) is 0 Å². The Morgan fingerprint density at radius 3 is 2.48 bits per heavy atom. The van der Waals surface area contributed by atoms with Gasteiger partial charge in [0.25, 0.3) is 5.91 Å². The molecule has 0 saturated carbocycles. The summed E-state index contributed by atoms with van der Waals surface area (Å²) in [6, 6.07) is 11.5. The molecule has 0 spiro atoms. The molecule has 1 aromatic heterocycles. The van der Waals surface area contributed by atoms with Crippen LogP contribution in [0.5, 0.6) is 11.5 Å². The summed E-state index contributed by atoms with van der Waals surface area (Å²) in [6.45, 7) is 1.76. The van der Waals surface area contributed by atoms with Gasteiger partial charge in [-0.3, -0.25) is 4.79 Å². The van der Waals surface area contributed by atoms with Gasteiger partial charge in [0.1, 0.15) is 6.04 Å². The number of hydrogen-bond donors (Lipinski definition) is 1. The second kappa shape index (κ2) is 8.09. The van der Waals surface area contributed by atoms with Crippen LogP contribution in [0.1, 0.15) is 29.2 Å². The molecular formula is C19H18ClN3O4. The van der Waals surface area contributed by atoms with Crippen LogP contribution < -0.4 is 14.8 Å². The first-order valence-corrected chi connectivity index (χ1v) is 8.52. The molecule has 1 N–H and O–H groups in total. The normalized spacial score (nSPS) is 11.7. The van der Waals surface area contributed by atoms with E-state index in [1.165, 1.54) is 14.2 Å². The number of rotatable bonds is 6. The van der Waals surface area contributed by atoms with Gasteiger partial charge in [0, 0.05) is 16.1 Å². The number of nitrogens with zero attached hydrogens (tertiary/aromatic N) is 2. The van der Waals surface area contributed by atoms with Gasteiger partial charge in [0.2, 0.25) is 11.7 Å². The lowest BCUT2D eigenvalue weighted by Crippen LogP contribution is -2.26. The van der Waals surface area contributed by atoms with Crippen molar-refractivity contribution in [3.8, 4) is 22.9 Å². The highest BCUT2D eigenvalue weighted by atomic mass is 35.5. The van der Waals surface area contributed by atoms with Gasteiger partial charge < -0.3 is 19.3 Å². The van der Waals surface area contributed by atoms with Crippen LogP contribution in [0, 0.1) is 0 Å². The maximum Gasteiger partial charge on any atom is 0.252 e. The minimum Gasteiger partial charge on any atom is -0.493 e. The topological polar surface area (TPSA) is 86.5 Å². The highest BCUT2D eigenvalue weighted by molar-refractivity contribution is 6.30. The van der Waals surface area contributed by atoms with Crippen molar-refractivity contribution in [2.75, 3.05) is 14.2 Å². The molecular weight excluding hydrogens is 370 g/mol. The fourth-order valence-electron chi connectivity index (χ4n) is 2.45. The third kappa shape index (κ3) is 4.20. The zero-order valence-corrected chi connectivity index (χ0v) is 15.8. The van der Waals surface area contributed by atoms with Gasteiger partial charge in [-0.15, -0.1) is 0 Å². The van der Waals surface area contributed by atoms with Crippen LogP contribution in [0.4, 0.5) is 0 Å². The standard InChI is InChI=1S/C19H18ClN3O4/c1-11(19-22-17(23-27-19)12-4-7-14(20)8-5-12)21-18(24)13-6-9-15(25-2)16(10-13)26-3/h4-11H,1-3H3,(H,21,24)/t11-/m0/s1. The van der Waals surface area contributed by atoms with Gasteiger partial charge in [0.15, 0.2) is 11.5 Å². The van der Waals surface area contributed by atoms with Crippen LogP contribution in [0.2, 0.25) is 5.02 Å². The van der Waals surface area contributed by atoms with Crippen molar-refractivity contribution < 1.29 is 18.8 Å². The average molecular weight is 388 g/mol. The van der Waals surface area contributed by atoms with Crippen LogP contribution in [0.3, 0.4) is 0 Å². The summed E-state index contributed by atoms with van der Waals surface area (Å²) in [5.74, 6) is 1.45. The van der Waals surface area contributed by atoms with Crippen LogP contribution in [0.15, 0.2) is 47.0 Å². The lowest BCUT2D eigenvalue weighted by molar-refractivity contribution is 0.0932. The van der Waals surface area contributed by atoms with E-state index in [4.69, 9.17) is 25.6 Å². The molecule has 0 radical (unpaired) electrons. The van der Waals surface area contributed by atoms with Gasteiger partial charge in [-0.25, -0.2) is 0 Å². The minimum absolute atomic E-state index is 0.297. The van der Waals surface area contributed by atoms with Crippen molar-refractivity contribution in [2.24, 2.45) is 0 Å². The molecule has 3 rings (SSSR count). The Morgan fingerprint density at radius 2 is 1.81 bits per heavy atom. The predicted molar refractivity (Wildman–Crippen MR) is 100 cm³/mol. The zero-order chi connectivity index (χ0) is 19.4. The van der Waals surface area contributed by atoms with E-state index in [2.05, 4.69) is 15.5 Å². The number of methoxy groups -OCH3 is 2. The monoisotopic (exact) mass is 387 g/mol. The molecule has 0 aliphatic rings. The lowest BCUT2D eigenvalue weighted by atomic mass is 10.1. The minimum atomic E-state index is -0.473. The van der Waals surface area contributed by atoms with Gasteiger partial charge in [0.05, 0.1) is 14.2 Å². The molecule has 140 valence electrons. The molecule has 0 fully saturated rings. The Hall–Kier alpha value is -3.06. The van der Waals surface area contributed by atoms with Crippen LogP contribution in [0.25, 0.3) is 11.4 Å². The highest BCUT2D eigenvalue weighted by Crippen LogP contribution is 2.28. The maximum atomic E-state index is 12.5. The molecule has 1 heterocycles. The Kier molecular flexibility index (Phi) is 5.61. The molecule has 0 saturated heterocycles. The molecule has 3 aromatic rings. The van der Waals surface area contributed by atoms with E-state index in [-0.39, 0.29) is 5.91 Å². The summed E-state index contributed by atoms with van der Waals surface area (Å²) in [6.07, 6.45) is 0. The zero-order valence-electron chi connectivity index (χ0n) is 15.0. The number of aromatic nitrogens is 2. The Labute approximate surface area is 161 Å². The van der Waals surface area contributed by atoms with Crippen LogP contribution >= 0.6 is 11.6 Å². The molecule has 1 atom stereocenters. The van der Waals surface area contributed by atoms with Crippen molar-refractivity contribution in [2.45, 2.75) is 13.0 Å². The smallest absolute Gasteiger partial charge is 0.252 e. The van der Waals surface area contributed by atoms with E-state index >= 15 is 0 Å². The predicted octanol–water partition coefficient (Wildman–Crippen LogP) is 3.90. The molecule has 7 nitrogen and oxygen atoms in total. The van der Waals surface area contributed by atoms with Crippen LogP contribution in [-0.2, 0) is 0 Å². The summed E-state index contributed by atoms with van der Waals surface area (Å²) in [7, 11) is 3.05. The molecule has 8 heteroatoms. The maximum absolute atomic E-state index is 12.5. The van der Waals surface area contributed by atoms with Crippen molar-refractivity contribution >= 4 is 17.5 Å². The third-order valence-corrected chi connectivity index (χ3v) is 4.16. The SMILES string of the molecule is COc1ccc(C(=O)N[C@@H](C)c2nc(-c3ccc(Cl)cc3)no2)cc1OC.